The Morgan fingerprint density at radius 2 is 1.94 bits per heavy atom. The zero-order valence-electron chi connectivity index (χ0n) is 18.7. The summed E-state index contributed by atoms with van der Waals surface area (Å²) in [5.41, 5.74) is 2.36. The quantitative estimate of drug-likeness (QED) is 0.353. The van der Waals surface area contributed by atoms with Gasteiger partial charge in [0.1, 0.15) is 11.5 Å². The molecule has 0 spiro atoms. The second kappa shape index (κ2) is 10.4. The maximum Gasteiger partial charge on any atom is 0.253 e. The Morgan fingerprint density at radius 3 is 2.67 bits per heavy atom. The van der Waals surface area contributed by atoms with Crippen molar-refractivity contribution in [2.24, 2.45) is 0 Å². The van der Waals surface area contributed by atoms with Crippen LogP contribution in [0.25, 0.3) is 10.9 Å². The molecule has 7 heteroatoms. The Balaban J connectivity index is 1.60. The molecule has 0 aliphatic rings. The Morgan fingerprint density at radius 1 is 1.12 bits per heavy atom. The number of fused-ring (bicyclic) bond motifs is 1. The third-order valence-electron chi connectivity index (χ3n) is 5.42. The van der Waals surface area contributed by atoms with Gasteiger partial charge in [0.25, 0.3) is 5.56 Å². The van der Waals surface area contributed by atoms with E-state index < -0.39 is 0 Å². The van der Waals surface area contributed by atoms with Crippen LogP contribution in [0, 0.1) is 0 Å². The molecule has 33 heavy (non-hydrogen) atoms. The summed E-state index contributed by atoms with van der Waals surface area (Å²) in [6.45, 7) is 5.36. The van der Waals surface area contributed by atoms with Crippen LogP contribution in [0.15, 0.2) is 82.2 Å². The van der Waals surface area contributed by atoms with E-state index in [4.69, 9.17) is 21.4 Å². The lowest BCUT2D eigenvalue weighted by Gasteiger charge is -2.27. The Labute approximate surface area is 198 Å². The van der Waals surface area contributed by atoms with Crippen LogP contribution in [0.2, 0.25) is 0 Å². The van der Waals surface area contributed by atoms with E-state index in [9.17, 15) is 4.79 Å². The van der Waals surface area contributed by atoms with Crippen molar-refractivity contribution in [2.75, 3.05) is 6.61 Å². The molecule has 0 aliphatic carbocycles. The summed E-state index contributed by atoms with van der Waals surface area (Å²) in [4.78, 5) is 17.8. The van der Waals surface area contributed by atoms with E-state index in [-0.39, 0.29) is 11.6 Å². The number of hydrogen-bond acceptors (Lipinski definition) is 4. The van der Waals surface area contributed by atoms with E-state index >= 15 is 0 Å². The number of ether oxygens (including phenoxy) is 1. The molecule has 0 radical (unpaired) electrons. The lowest BCUT2D eigenvalue weighted by atomic mass is 10.1. The highest BCUT2D eigenvalue weighted by molar-refractivity contribution is 7.80. The Bertz CT molecular complexity index is 1270. The molecule has 1 atom stereocenters. The van der Waals surface area contributed by atoms with Crippen LogP contribution >= 0.6 is 12.2 Å². The number of thiocarbonyl (C=S) groups is 1. The van der Waals surface area contributed by atoms with E-state index in [1.165, 1.54) is 0 Å². The standard InChI is InChI=1S/C26H27N3O3S/c1-3-31-22-11-12-24-20(15-22)14-21(25(30)28-24)16-29(17-23-10-7-13-32-23)26(33)27-18(2)19-8-5-4-6-9-19/h4-15,18H,3,16-17H2,1-2H3,(H,27,33)(H,28,30)/t18-/m1/s1. The van der Waals surface area contributed by atoms with Gasteiger partial charge in [-0.05, 0) is 68.0 Å². The Kier molecular flexibility index (Phi) is 7.10. The first-order valence-electron chi connectivity index (χ1n) is 10.9. The van der Waals surface area contributed by atoms with Gasteiger partial charge in [0.05, 0.1) is 32.0 Å². The van der Waals surface area contributed by atoms with Crippen molar-refractivity contribution in [1.29, 1.82) is 0 Å². The molecule has 2 aromatic carbocycles. The lowest BCUT2D eigenvalue weighted by Crippen LogP contribution is -2.41. The second-order valence-electron chi connectivity index (χ2n) is 7.82. The van der Waals surface area contributed by atoms with Crippen LogP contribution in [0.5, 0.6) is 5.75 Å². The summed E-state index contributed by atoms with van der Waals surface area (Å²) in [5, 5.41) is 4.85. The summed E-state index contributed by atoms with van der Waals surface area (Å²) >= 11 is 5.76. The largest absolute Gasteiger partial charge is 0.494 e. The van der Waals surface area contributed by atoms with Crippen molar-refractivity contribution in [3.05, 3.63) is 100 Å². The molecule has 0 saturated carbocycles. The molecule has 0 bridgehead atoms. The number of H-pyrrole nitrogens is 1. The third kappa shape index (κ3) is 5.62. The zero-order valence-corrected chi connectivity index (χ0v) is 19.5. The summed E-state index contributed by atoms with van der Waals surface area (Å²) < 4.78 is 11.2. The van der Waals surface area contributed by atoms with Crippen LogP contribution in [0.1, 0.15) is 36.8 Å². The van der Waals surface area contributed by atoms with Gasteiger partial charge >= 0.3 is 0 Å². The number of benzene rings is 2. The van der Waals surface area contributed by atoms with Gasteiger partial charge in [0.15, 0.2) is 5.11 Å². The summed E-state index contributed by atoms with van der Waals surface area (Å²) in [7, 11) is 0. The minimum atomic E-state index is -0.144. The van der Waals surface area contributed by atoms with Gasteiger partial charge in [-0.15, -0.1) is 0 Å². The predicted octanol–water partition coefficient (Wildman–Crippen LogP) is 5.16. The molecular weight excluding hydrogens is 434 g/mol. The average Bonchev–Trinajstić information content (AvgIpc) is 3.33. The maximum atomic E-state index is 12.8. The minimum absolute atomic E-state index is 0.0152. The fraction of sp³-hybridized carbons (Fsp3) is 0.231. The molecule has 2 aromatic heterocycles. The highest BCUT2D eigenvalue weighted by atomic mass is 32.1. The van der Waals surface area contributed by atoms with Crippen LogP contribution in [-0.4, -0.2) is 21.6 Å². The SMILES string of the molecule is CCOc1ccc2[nH]c(=O)c(CN(Cc3ccco3)C(=S)N[C@H](C)c3ccccc3)cc2c1. The predicted molar refractivity (Wildman–Crippen MR) is 134 cm³/mol. The van der Waals surface area contributed by atoms with E-state index in [1.807, 2.05) is 66.4 Å². The molecule has 0 aliphatic heterocycles. The molecule has 2 N–H and O–H groups in total. The first-order valence-corrected chi connectivity index (χ1v) is 11.4. The van der Waals surface area contributed by atoms with E-state index in [0.29, 0.717) is 30.4 Å². The highest BCUT2D eigenvalue weighted by Crippen LogP contribution is 2.20. The van der Waals surface area contributed by atoms with Gasteiger partial charge in [0.2, 0.25) is 0 Å². The van der Waals surface area contributed by atoms with Gasteiger partial charge in [-0.25, -0.2) is 0 Å². The molecule has 0 amide bonds. The number of rotatable bonds is 8. The minimum Gasteiger partial charge on any atom is -0.494 e. The van der Waals surface area contributed by atoms with E-state index in [1.54, 1.807) is 6.26 Å². The van der Waals surface area contributed by atoms with Crippen molar-refractivity contribution < 1.29 is 9.15 Å². The van der Waals surface area contributed by atoms with Crippen LogP contribution in [0.3, 0.4) is 0 Å². The molecule has 0 fully saturated rings. The molecule has 2 heterocycles. The number of hydrogen-bond donors (Lipinski definition) is 2. The number of pyridine rings is 1. The highest BCUT2D eigenvalue weighted by Gasteiger charge is 2.17. The number of furan rings is 1. The Hall–Kier alpha value is -3.58. The fourth-order valence-electron chi connectivity index (χ4n) is 3.70. The molecule has 4 rings (SSSR count). The van der Waals surface area contributed by atoms with Crippen molar-refractivity contribution >= 4 is 28.2 Å². The second-order valence-corrected chi connectivity index (χ2v) is 8.21. The fourth-order valence-corrected chi connectivity index (χ4v) is 4.01. The number of aromatic nitrogens is 1. The third-order valence-corrected chi connectivity index (χ3v) is 5.79. The molecule has 170 valence electrons. The molecule has 6 nitrogen and oxygen atoms in total. The van der Waals surface area contributed by atoms with Gasteiger partial charge in [-0.3, -0.25) is 4.79 Å². The topological polar surface area (TPSA) is 70.5 Å². The summed E-state index contributed by atoms with van der Waals surface area (Å²) in [5.74, 6) is 1.53. The molecule has 4 aromatic rings. The normalized spacial score (nSPS) is 11.8. The van der Waals surface area contributed by atoms with Crippen LogP contribution in [-0.2, 0) is 13.1 Å². The van der Waals surface area contributed by atoms with E-state index in [2.05, 4.69) is 29.4 Å². The first kappa shape index (κ1) is 22.6. The number of nitrogens with one attached hydrogen (secondary N) is 2. The van der Waals surface area contributed by atoms with Crippen LogP contribution in [0.4, 0.5) is 0 Å². The van der Waals surface area contributed by atoms with Gasteiger partial charge in [0, 0.05) is 16.5 Å². The summed E-state index contributed by atoms with van der Waals surface area (Å²) in [6.07, 6.45) is 1.63. The van der Waals surface area contributed by atoms with Crippen molar-refractivity contribution in [3.8, 4) is 5.75 Å². The lowest BCUT2D eigenvalue weighted by molar-refractivity contribution is 0.340. The maximum absolute atomic E-state index is 12.8. The van der Waals surface area contributed by atoms with Crippen molar-refractivity contribution in [2.45, 2.75) is 33.0 Å². The average molecular weight is 462 g/mol. The molecule has 0 saturated heterocycles. The van der Waals surface area contributed by atoms with Crippen molar-refractivity contribution in [1.82, 2.24) is 15.2 Å². The number of aromatic amines is 1. The van der Waals surface area contributed by atoms with Crippen molar-refractivity contribution in [3.63, 3.8) is 0 Å². The van der Waals surface area contributed by atoms with Gasteiger partial charge < -0.3 is 24.4 Å². The van der Waals surface area contributed by atoms with Gasteiger partial charge in [-0.2, -0.15) is 0 Å². The molecular formula is C26H27N3O3S. The number of nitrogens with zero attached hydrogens (tertiary/aromatic N) is 1. The summed E-state index contributed by atoms with van der Waals surface area (Å²) in [6, 6.07) is 21.4. The molecule has 0 unspecified atom stereocenters. The zero-order chi connectivity index (χ0) is 23.2. The first-order chi connectivity index (χ1) is 16.0. The smallest absolute Gasteiger partial charge is 0.253 e. The van der Waals surface area contributed by atoms with Gasteiger partial charge in [-0.1, -0.05) is 30.3 Å². The van der Waals surface area contributed by atoms with Crippen LogP contribution < -0.4 is 15.6 Å². The monoisotopic (exact) mass is 461 g/mol. The van der Waals surface area contributed by atoms with E-state index in [0.717, 1.165) is 28.0 Å².